The zero-order valence-electron chi connectivity index (χ0n) is 9.92. The molecule has 0 spiro atoms. The number of benzene rings is 1. The van der Waals surface area contributed by atoms with Gasteiger partial charge in [-0.1, -0.05) is 6.07 Å². The van der Waals surface area contributed by atoms with Crippen molar-refractivity contribution >= 4 is 11.6 Å². The van der Waals surface area contributed by atoms with Crippen molar-refractivity contribution in [3.05, 3.63) is 47.8 Å². The number of nitriles is 1. The fourth-order valence-corrected chi connectivity index (χ4v) is 1.57. The van der Waals surface area contributed by atoms with Crippen LogP contribution in [0.1, 0.15) is 11.3 Å². The molecule has 1 N–H and O–H groups in total. The molecule has 5 heteroatoms. The maximum Gasteiger partial charge on any atom is 0.246 e. The Morgan fingerprint density at radius 2 is 2.33 bits per heavy atom. The van der Waals surface area contributed by atoms with Gasteiger partial charge >= 0.3 is 0 Å². The van der Waals surface area contributed by atoms with E-state index in [1.54, 1.807) is 35.1 Å². The highest BCUT2D eigenvalue weighted by molar-refractivity contribution is 5.90. The number of carbonyl (C=O) groups is 1. The second-order valence-electron chi connectivity index (χ2n) is 3.87. The van der Waals surface area contributed by atoms with E-state index in [1.807, 2.05) is 19.1 Å². The fraction of sp³-hybridized carbons (Fsp3) is 0.154. The molecule has 0 radical (unpaired) electrons. The number of anilines is 1. The lowest BCUT2D eigenvalue weighted by Gasteiger charge is -2.06. The fourth-order valence-electron chi connectivity index (χ4n) is 1.57. The van der Waals surface area contributed by atoms with Crippen molar-refractivity contribution in [3.63, 3.8) is 0 Å². The summed E-state index contributed by atoms with van der Waals surface area (Å²) in [6.07, 6.45) is 1.65. The van der Waals surface area contributed by atoms with Gasteiger partial charge in [0.15, 0.2) is 0 Å². The van der Waals surface area contributed by atoms with Gasteiger partial charge in [-0.3, -0.25) is 9.48 Å². The summed E-state index contributed by atoms with van der Waals surface area (Å²) in [6.45, 7) is 2.05. The van der Waals surface area contributed by atoms with E-state index < -0.39 is 0 Å². The van der Waals surface area contributed by atoms with Crippen LogP contribution in [0, 0.1) is 18.3 Å². The van der Waals surface area contributed by atoms with Gasteiger partial charge < -0.3 is 5.32 Å². The van der Waals surface area contributed by atoms with E-state index in [1.165, 1.54) is 0 Å². The first-order valence-corrected chi connectivity index (χ1v) is 5.47. The molecular formula is C13H12N4O. The van der Waals surface area contributed by atoms with Crippen LogP contribution in [-0.4, -0.2) is 15.7 Å². The van der Waals surface area contributed by atoms with Gasteiger partial charge in [-0.15, -0.1) is 0 Å². The van der Waals surface area contributed by atoms with Crippen molar-refractivity contribution in [2.24, 2.45) is 0 Å². The van der Waals surface area contributed by atoms with Crippen LogP contribution in [0.25, 0.3) is 0 Å². The number of carbonyl (C=O) groups excluding carboxylic acids is 1. The molecule has 5 nitrogen and oxygen atoms in total. The number of aryl methyl sites for hydroxylation is 1. The van der Waals surface area contributed by atoms with Crippen molar-refractivity contribution in [1.82, 2.24) is 9.78 Å². The van der Waals surface area contributed by atoms with Crippen LogP contribution in [0.5, 0.6) is 0 Å². The van der Waals surface area contributed by atoms with E-state index in [4.69, 9.17) is 5.26 Å². The highest BCUT2D eigenvalue weighted by Crippen LogP contribution is 2.09. The second kappa shape index (κ2) is 5.15. The van der Waals surface area contributed by atoms with Crippen molar-refractivity contribution in [2.45, 2.75) is 13.5 Å². The Labute approximate surface area is 105 Å². The summed E-state index contributed by atoms with van der Waals surface area (Å²) in [7, 11) is 0. The van der Waals surface area contributed by atoms with Gasteiger partial charge in [0, 0.05) is 17.6 Å². The van der Waals surface area contributed by atoms with Crippen LogP contribution < -0.4 is 5.32 Å². The minimum absolute atomic E-state index is 0.162. The van der Waals surface area contributed by atoms with Gasteiger partial charge in [0.2, 0.25) is 5.91 Å². The predicted molar refractivity (Wildman–Crippen MR) is 66.8 cm³/mol. The van der Waals surface area contributed by atoms with Gasteiger partial charge in [-0.25, -0.2) is 0 Å². The number of rotatable bonds is 3. The molecule has 18 heavy (non-hydrogen) atoms. The normalized spacial score (nSPS) is 9.78. The summed E-state index contributed by atoms with van der Waals surface area (Å²) in [6, 6.07) is 10.7. The van der Waals surface area contributed by atoms with E-state index >= 15 is 0 Å². The lowest BCUT2D eigenvalue weighted by molar-refractivity contribution is -0.116. The molecule has 0 fully saturated rings. The predicted octanol–water partition coefficient (Wildman–Crippen LogP) is 1.70. The number of nitrogens with one attached hydrogen (secondary N) is 1. The van der Waals surface area contributed by atoms with Crippen molar-refractivity contribution in [3.8, 4) is 6.07 Å². The molecule has 1 heterocycles. The molecule has 2 rings (SSSR count). The van der Waals surface area contributed by atoms with Crippen molar-refractivity contribution < 1.29 is 4.79 Å². The average molecular weight is 240 g/mol. The largest absolute Gasteiger partial charge is 0.324 e. The third-order valence-corrected chi connectivity index (χ3v) is 2.50. The number of nitrogens with zero attached hydrogens (tertiary/aromatic N) is 3. The van der Waals surface area contributed by atoms with E-state index in [0.717, 1.165) is 5.69 Å². The SMILES string of the molecule is Cc1ccnn1CC(=O)Nc1cccc(C#N)c1. The van der Waals surface area contributed by atoms with Gasteiger partial charge in [0.25, 0.3) is 0 Å². The van der Waals surface area contributed by atoms with Crippen LogP contribution in [0.15, 0.2) is 36.5 Å². The highest BCUT2D eigenvalue weighted by atomic mass is 16.2. The molecule has 0 aliphatic heterocycles. The first-order chi connectivity index (χ1) is 8.69. The Kier molecular flexibility index (Phi) is 3.39. The Hall–Kier alpha value is -2.61. The Bertz CT molecular complexity index is 609. The lowest BCUT2D eigenvalue weighted by atomic mass is 10.2. The Balaban J connectivity index is 2.03. The molecule has 1 aromatic heterocycles. The van der Waals surface area contributed by atoms with Crippen LogP contribution in [0.3, 0.4) is 0 Å². The molecule has 0 bridgehead atoms. The van der Waals surface area contributed by atoms with Gasteiger partial charge in [0.1, 0.15) is 6.54 Å². The van der Waals surface area contributed by atoms with Gasteiger partial charge in [-0.05, 0) is 31.2 Å². The van der Waals surface area contributed by atoms with Gasteiger partial charge in [0.05, 0.1) is 11.6 Å². The highest BCUT2D eigenvalue weighted by Gasteiger charge is 2.06. The Morgan fingerprint density at radius 1 is 1.50 bits per heavy atom. The monoisotopic (exact) mass is 240 g/mol. The molecule has 0 atom stereocenters. The number of amides is 1. The number of hydrogen-bond donors (Lipinski definition) is 1. The molecule has 0 saturated carbocycles. The summed E-state index contributed by atoms with van der Waals surface area (Å²) in [4.78, 5) is 11.8. The molecule has 0 aliphatic rings. The zero-order chi connectivity index (χ0) is 13.0. The van der Waals surface area contributed by atoms with E-state index in [2.05, 4.69) is 10.4 Å². The van der Waals surface area contributed by atoms with Crippen molar-refractivity contribution in [2.75, 3.05) is 5.32 Å². The van der Waals surface area contributed by atoms with Gasteiger partial charge in [-0.2, -0.15) is 10.4 Å². The minimum atomic E-state index is -0.170. The maximum atomic E-state index is 11.8. The molecule has 0 unspecified atom stereocenters. The quantitative estimate of drug-likeness (QED) is 0.887. The first-order valence-electron chi connectivity index (χ1n) is 5.47. The molecule has 1 amide bonds. The molecule has 0 aliphatic carbocycles. The number of aromatic nitrogens is 2. The summed E-state index contributed by atoms with van der Waals surface area (Å²) in [5, 5.41) is 15.5. The summed E-state index contributed by atoms with van der Waals surface area (Å²) >= 11 is 0. The smallest absolute Gasteiger partial charge is 0.246 e. The Morgan fingerprint density at radius 3 is 3.00 bits per heavy atom. The van der Waals surface area contributed by atoms with Crippen molar-refractivity contribution in [1.29, 1.82) is 5.26 Å². The van der Waals surface area contributed by atoms with E-state index in [-0.39, 0.29) is 12.5 Å². The molecule has 2 aromatic rings. The van der Waals surface area contributed by atoms with E-state index in [9.17, 15) is 4.79 Å². The third kappa shape index (κ3) is 2.74. The zero-order valence-corrected chi connectivity index (χ0v) is 9.92. The molecule has 0 saturated heterocycles. The first kappa shape index (κ1) is 11.9. The van der Waals surface area contributed by atoms with Crippen LogP contribution in [-0.2, 0) is 11.3 Å². The molecule has 90 valence electrons. The topological polar surface area (TPSA) is 70.7 Å². The third-order valence-electron chi connectivity index (χ3n) is 2.50. The standard InChI is InChI=1S/C13H12N4O/c1-10-5-6-15-17(10)9-13(18)16-12-4-2-3-11(7-12)8-14/h2-7H,9H2,1H3,(H,16,18). The van der Waals surface area contributed by atoms with Crippen LogP contribution in [0.2, 0.25) is 0 Å². The number of hydrogen-bond acceptors (Lipinski definition) is 3. The lowest BCUT2D eigenvalue weighted by Crippen LogP contribution is -2.20. The second-order valence-corrected chi connectivity index (χ2v) is 3.87. The van der Waals surface area contributed by atoms with Crippen LogP contribution in [0.4, 0.5) is 5.69 Å². The summed E-state index contributed by atoms with van der Waals surface area (Å²) < 4.78 is 1.61. The minimum Gasteiger partial charge on any atom is -0.324 e. The van der Waals surface area contributed by atoms with E-state index in [0.29, 0.717) is 11.3 Å². The van der Waals surface area contributed by atoms with Crippen LogP contribution >= 0.6 is 0 Å². The average Bonchev–Trinajstić information content (AvgIpc) is 2.75. The molecule has 1 aromatic carbocycles. The molecular weight excluding hydrogens is 228 g/mol. The maximum absolute atomic E-state index is 11.8. The summed E-state index contributed by atoms with van der Waals surface area (Å²) in [5.41, 5.74) is 2.06. The summed E-state index contributed by atoms with van der Waals surface area (Å²) in [5.74, 6) is -0.170.